The zero-order chi connectivity index (χ0) is 13.1. The van der Waals surface area contributed by atoms with Crippen LogP contribution in [0, 0.1) is 0 Å². The monoisotopic (exact) mass is 269 g/mol. The van der Waals surface area contributed by atoms with Crippen LogP contribution in [-0.4, -0.2) is 15.0 Å². The lowest BCUT2D eigenvalue weighted by Crippen LogP contribution is -1.99. The summed E-state index contributed by atoms with van der Waals surface area (Å²) >= 11 is 5.97. The Morgan fingerprint density at radius 3 is 2.16 bits per heavy atom. The molecule has 1 aromatic heterocycles. The fraction of sp³-hybridized carbons (Fsp3) is 0.0667. The summed E-state index contributed by atoms with van der Waals surface area (Å²) in [6.45, 7) is 0. The van der Waals surface area contributed by atoms with E-state index in [2.05, 4.69) is 10.3 Å². The lowest BCUT2D eigenvalue weighted by atomic mass is 10.1. The predicted octanol–water partition coefficient (Wildman–Crippen LogP) is 3.67. The first-order chi connectivity index (χ1) is 9.40. The van der Waals surface area contributed by atoms with Crippen LogP contribution in [0.3, 0.4) is 0 Å². The highest BCUT2D eigenvalue weighted by Crippen LogP contribution is 2.25. The fourth-order valence-corrected chi connectivity index (χ4v) is 2.22. The van der Waals surface area contributed by atoms with Gasteiger partial charge < -0.3 is 0 Å². The smallest absolute Gasteiger partial charge is 0.106 e. The molecule has 0 atom stereocenters. The number of rotatable bonds is 3. The average Bonchev–Trinajstić information content (AvgIpc) is 2.93. The minimum atomic E-state index is 0.344. The van der Waals surface area contributed by atoms with Crippen LogP contribution in [-0.2, 0) is 5.88 Å². The van der Waals surface area contributed by atoms with Gasteiger partial charge in [0.15, 0.2) is 0 Å². The van der Waals surface area contributed by atoms with Gasteiger partial charge in [0.1, 0.15) is 5.69 Å². The van der Waals surface area contributed by atoms with E-state index in [0.29, 0.717) is 5.88 Å². The van der Waals surface area contributed by atoms with Crippen LogP contribution in [0.25, 0.3) is 16.9 Å². The van der Waals surface area contributed by atoms with Crippen LogP contribution in [0.5, 0.6) is 0 Å². The van der Waals surface area contributed by atoms with Crippen LogP contribution < -0.4 is 0 Å². The summed E-state index contributed by atoms with van der Waals surface area (Å²) in [6, 6.07) is 20.0. The summed E-state index contributed by atoms with van der Waals surface area (Å²) in [5.74, 6) is 0.344. The Kier molecular flexibility index (Phi) is 3.29. The van der Waals surface area contributed by atoms with Crippen molar-refractivity contribution in [2.24, 2.45) is 0 Å². The number of halogens is 1. The van der Waals surface area contributed by atoms with E-state index in [1.54, 1.807) is 0 Å². The largest absolute Gasteiger partial charge is 0.213 e. The Bertz CT molecular complexity index is 662. The Labute approximate surface area is 116 Å². The van der Waals surface area contributed by atoms with Gasteiger partial charge >= 0.3 is 0 Å². The Hall–Kier alpha value is -2.13. The molecule has 19 heavy (non-hydrogen) atoms. The Morgan fingerprint density at radius 1 is 0.895 bits per heavy atom. The molecule has 2 aromatic carbocycles. The first kappa shape index (κ1) is 11.9. The topological polar surface area (TPSA) is 30.7 Å². The van der Waals surface area contributed by atoms with E-state index < -0.39 is 0 Å². The second kappa shape index (κ2) is 5.24. The molecule has 0 spiro atoms. The van der Waals surface area contributed by atoms with E-state index in [4.69, 9.17) is 11.6 Å². The van der Waals surface area contributed by atoms with Crippen molar-refractivity contribution in [3.05, 3.63) is 66.4 Å². The molecular formula is C15H12ClN3. The van der Waals surface area contributed by atoms with Crippen molar-refractivity contribution in [2.75, 3.05) is 0 Å². The first-order valence-corrected chi connectivity index (χ1v) is 6.55. The highest BCUT2D eigenvalue weighted by atomic mass is 35.5. The Morgan fingerprint density at radius 2 is 1.53 bits per heavy atom. The van der Waals surface area contributed by atoms with E-state index in [-0.39, 0.29) is 0 Å². The van der Waals surface area contributed by atoms with Gasteiger partial charge in [0.25, 0.3) is 0 Å². The molecule has 0 amide bonds. The summed E-state index contributed by atoms with van der Waals surface area (Å²) in [4.78, 5) is 0. The molecule has 0 unspecified atom stereocenters. The highest BCUT2D eigenvalue weighted by molar-refractivity contribution is 6.17. The maximum absolute atomic E-state index is 5.97. The third-order valence-corrected chi connectivity index (χ3v) is 3.17. The quantitative estimate of drug-likeness (QED) is 0.679. The van der Waals surface area contributed by atoms with Gasteiger partial charge in [-0.05, 0) is 12.1 Å². The van der Waals surface area contributed by atoms with E-state index in [1.165, 1.54) is 0 Å². The predicted molar refractivity (Wildman–Crippen MR) is 76.4 cm³/mol. The fourth-order valence-electron chi connectivity index (χ4n) is 2.04. The van der Waals surface area contributed by atoms with Gasteiger partial charge in [-0.1, -0.05) is 53.7 Å². The third kappa shape index (κ3) is 2.25. The number of para-hydroxylation sites is 1. The molecule has 0 N–H and O–H groups in total. The molecule has 3 nitrogen and oxygen atoms in total. The van der Waals surface area contributed by atoms with Crippen molar-refractivity contribution in [3.8, 4) is 16.9 Å². The maximum atomic E-state index is 5.97. The van der Waals surface area contributed by atoms with Crippen LogP contribution in [0.2, 0.25) is 0 Å². The van der Waals surface area contributed by atoms with Crippen molar-refractivity contribution in [1.82, 2.24) is 15.0 Å². The molecule has 3 aromatic rings. The molecule has 0 fully saturated rings. The second-order valence-electron chi connectivity index (χ2n) is 4.13. The maximum Gasteiger partial charge on any atom is 0.106 e. The summed E-state index contributed by atoms with van der Waals surface area (Å²) < 4.78 is 1.83. The number of benzene rings is 2. The molecule has 0 aliphatic rings. The first-order valence-electron chi connectivity index (χ1n) is 6.01. The van der Waals surface area contributed by atoms with E-state index >= 15 is 0 Å². The number of hydrogen-bond donors (Lipinski definition) is 0. The van der Waals surface area contributed by atoms with Gasteiger partial charge in [0, 0.05) is 5.56 Å². The molecule has 4 heteroatoms. The number of aromatic nitrogens is 3. The molecule has 0 saturated heterocycles. The van der Waals surface area contributed by atoms with Gasteiger partial charge in [0.2, 0.25) is 0 Å². The lowest BCUT2D eigenvalue weighted by molar-refractivity contribution is 0.804. The minimum Gasteiger partial charge on any atom is -0.213 e. The third-order valence-electron chi connectivity index (χ3n) is 2.91. The van der Waals surface area contributed by atoms with Crippen LogP contribution in [0.15, 0.2) is 60.7 Å². The van der Waals surface area contributed by atoms with Crippen LogP contribution in [0.4, 0.5) is 0 Å². The van der Waals surface area contributed by atoms with Crippen molar-refractivity contribution in [3.63, 3.8) is 0 Å². The molecule has 0 aliphatic carbocycles. The number of hydrogen-bond acceptors (Lipinski definition) is 2. The standard InChI is InChI=1S/C15H12ClN3/c16-11-14-15(12-7-3-1-4-8-12)19(18-17-14)13-9-5-2-6-10-13/h1-10H,11H2. The van der Waals surface area contributed by atoms with Gasteiger partial charge in [-0.15, -0.1) is 16.7 Å². The van der Waals surface area contributed by atoms with E-state index in [9.17, 15) is 0 Å². The molecule has 94 valence electrons. The van der Waals surface area contributed by atoms with Crippen LogP contribution in [0.1, 0.15) is 5.69 Å². The molecule has 0 radical (unpaired) electrons. The zero-order valence-corrected chi connectivity index (χ0v) is 11.0. The normalized spacial score (nSPS) is 10.6. The van der Waals surface area contributed by atoms with Crippen molar-refractivity contribution in [1.29, 1.82) is 0 Å². The number of alkyl halides is 1. The summed E-state index contributed by atoms with van der Waals surface area (Å²) in [6.07, 6.45) is 0. The molecule has 1 heterocycles. The van der Waals surface area contributed by atoms with Gasteiger partial charge in [-0.3, -0.25) is 0 Å². The van der Waals surface area contributed by atoms with E-state index in [0.717, 1.165) is 22.6 Å². The van der Waals surface area contributed by atoms with Gasteiger partial charge in [-0.2, -0.15) is 0 Å². The van der Waals surface area contributed by atoms with Crippen molar-refractivity contribution < 1.29 is 0 Å². The highest BCUT2D eigenvalue weighted by Gasteiger charge is 2.14. The summed E-state index contributed by atoms with van der Waals surface area (Å²) in [5.41, 5.74) is 3.77. The second-order valence-corrected chi connectivity index (χ2v) is 4.40. The molecule has 0 bridgehead atoms. The van der Waals surface area contributed by atoms with E-state index in [1.807, 2.05) is 65.3 Å². The Balaban J connectivity index is 2.20. The SMILES string of the molecule is ClCc1nnn(-c2ccccc2)c1-c1ccccc1. The lowest BCUT2D eigenvalue weighted by Gasteiger charge is -2.07. The molecular weight excluding hydrogens is 258 g/mol. The average molecular weight is 270 g/mol. The van der Waals surface area contributed by atoms with Crippen LogP contribution >= 0.6 is 11.6 Å². The molecule has 0 saturated carbocycles. The molecule has 3 rings (SSSR count). The zero-order valence-electron chi connectivity index (χ0n) is 10.2. The number of nitrogens with zero attached hydrogens (tertiary/aromatic N) is 3. The minimum absolute atomic E-state index is 0.344. The molecule has 0 aliphatic heterocycles. The van der Waals surface area contributed by atoms with Gasteiger partial charge in [-0.25, -0.2) is 4.68 Å². The summed E-state index contributed by atoms with van der Waals surface area (Å²) in [7, 11) is 0. The van der Waals surface area contributed by atoms with Gasteiger partial charge in [0.05, 0.1) is 17.3 Å². The summed E-state index contributed by atoms with van der Waals surface area (Å²) in [5, 5.41) is 8.38. The van der Waals surface area contributed by atoms with Crippen molar-refractivity contribution in [2.45, 2.75) is 5.88 Å². The van der Waals surface area contributed by atoms with Crippen molar-refractivity contribution >= 4 is 11.6 Å².